The van der Waals surface area contributed by atoms with Crippen LogP contribution in [0.2, 0.25) is 15.1 Å². The number of hydrogen-bond donors (Lipinski definition) is 0. The van der Waals surface area contributed by atoms with E-state index in [0.717, 1.165) is 39.8 Å². The summed E-state index contributed by atoms with van der Waals surface area (Å²) in [7, 11) is 0. The zero-order valence-electron chi connectivity index (χ0n) is 14.3. The zero-order valence-corrected chi connectivity index (χ0v) is 17.4. The van der Waals surface area contributed by atoms with E-state index in [1.165, 1.54) is 5.56 Å². The molecule has 0 amide bonds. The SMILES string of the molecule is Clc1ccc(COc2ccc(C3CCC(c4sccc4Cl)=N3)cc2)c(Cl)c1. The van der Waals surface area contributed by atoms with Crippen molar-refractivity contribution < 1.29 is 4.74 Å². The Bertz CT molecular complexity index is 981. The van der Waals surface area contributed by atoms with Gasteiger partial charge in [-0.2, -0.15) is 0 Å². The predicted molar refractivity (Wildman–Crippen MR) is 115 cm³/mol. The summed E-state index contributed by atoms with van der Waals surface area (Å²) in [5.74, 6) is 0.799. The van der Waals surface area contributed by atoms with E-state index in [-0.39, 0.29) is 6.04 Å². The molecule has 2 nitrogen and oxygen atoms in total. The molecule has 27 heavy (non-hydrogen) atoms. The first-order valence-electron chi connectivity index (χ1n) is 8.57. The Morgan fingerprint density at radius 3 is 2.52 bits per heavy atom. The molecule has 1 atom stereocenters. The maximum atomic E-state index is 6.24. The molecule has 4 rings (SSSR count). The minimum Gasteiger partial charge on any atom is -0.489 e. The highest BCUT2D eigenvalue weighted by Crippen LogP contribution is 2.35. The average molecular weight is 437 g/mol. The topological polar surface area (TPSA) is 21.6 Å². The van der Waals surface area contributed by atoms with E-state index in [1.807, 2.05) is 35.7 Å². The number of rotatable bonds is 5. The van der Waals surface area contributed by atoms with Gasteiger partial charge in [-0.3, -0.25) is 4.99 Å². The van der Waals surface area contributed by atoms with E-state index in [0.29, 0.717) is 16.7 Å². The first-order valence-corrected chi connectivity index (χ1v) is 10.6. The Hall–Kier alpha value is -1.52. The number of halogens is 3. The van der Waals surface area contributed by atoms with Crippen molar-refractivity contribution in [2.75, 3.05) is 0 Å². The number of nitrogens with zero attached hydrogens (tertiary/aromatic N) is 1. The van der Waals surface area contributed by atoms with Gasteiger partial charge in [-0.25, -0.2) is 0 Å². The number of hydrogen-bond acceptors (Lipinski definition) is 3. The fourth-order valence-corrected chi connectivity index (χ4v) is 4.74. The van der Waals surface area contributed by atoms with Crippen molar-refractivity contribution in [3.63, 3.8) is 0 Å². The molecule has 6 heteroatoms. The first-order chi connectivity index (χ1) is 13.1. The normalized spacial score (nSPS) is 16.4. The van der Waals surface area contributed by atoms with Gasteiger partial charge in [0.15, 0.2) is 0 Å². The van der Waals surface area contributed by atoms with Gasteiger partial charge in [0.2, 0.25) is 0 Å². The highest BCUT2D eigenvalue weighted by molar-refractivity contribution is 7.12. The second-order valence-corrected chi connectivity index (χ2v) is 8.49. The molecule has 1 aliphatic rings. The Balaban J connectivity index is 1.42. The summed E-state index contributed by atoms with van der Waals surface area (Å²) >= 11 is 20.0. The van der Waals surface area contributed by atoms with Gasteiger partial charge in [-0.05, 0) is 54.1 Å². The van der Waals surface area contributed by atoms with Gasteiger partial charge in [0.25, 0.3) is 0 Å². The molecular formula is C21H16Cl3NOS. The highest BCUT2D eigenvalue weighted by atomic mass is 35.5. The standard InChI is InChI=1S/C21H16Cl3NOS/c22-15-4-1-14(18(24)11-15)12-26-16-5-2-13(3-6-16)19-7-8-20(25-19)21-17(23)9-10-27-21/h1-6,9-11,19H,7-8,12H2. The van der Waals surface area contributed by atoms with Crippen LogP contribution in [0.5, 0.6) is 5.75 Å². The lowest BCUT2D eigenvalue weighted by molar-refractivity contribution is 0.306. The molecule has 1 aliphatic heterocycles. The molecule has 0 bridgehead atoms. The highest BCUT2D eigenvalue weighted by Gasteiger charge is 2.22. The lowest BCUT2D eigenvalue weighted by atomic mass is 10.0. The second-order valence-electron chi connectivity index (χ2n) is 6.32. The van der Waals surface area contributed by atoms with Crippen LogP contribution >= 0.6 is 46.1 Å². The van der Waals surface area contributed by atoms with Crippen molar-refractivity contribution >= 4 is 51.9 Å². The minimum atomic E-state index is 0.179. The van der Waals surface area contributed by atoms with E-state index in [9.17, 15) is 0 Å². The molecule has 1 aromatic heterocycles. The predicted octanol–water partition coefficient (Wildman–Crippen LogP) is 7.61. The summed E-state index contributed by atoms with van der Waals surface area (Å²) in [4.78, 5) is 5.97. The molecule has 2 aromatic carbocycles. The van der Waals surface area contributed by atoms with E-state index in [4.69, 9.17) is 44.5 Å². The molecule has 0 fully saturated rings. The lowest BCUT2D eigenvalue weighted by Gasteiger charge is -2.10. The lowest BCUT2D eigenvalue weighted by Crippen LogP contribution is -1.97. The maximum Gasteiger partial charge on any atom is 0.119 e. The Morgan fingerprint density at radius 1 is 1.00 bits per heavy atom. The molecule has 3 aromatic rings. The smallest absolute Gasteiger partial charge is 0.119 e. The van der Waals surface area contributed by atoms with Crippen LogP contribution in [0.25, 0.3) is 0 Å². The number of benzene rings is 2. The summed E-state index contributed by atoms with van der Waals surface area (Å²) < 4.78 is 5.85. The van der Waals surface area contributed by atoms with Gasteiger partial charge in [0.05, 0.1) is 21.7 Å². The van der Waals surface area contributed by atoms with Crippen molar-refractivity contribution in [2.45, 2.75) is 25.5 Å². The molecule has 0 N–H and O–H groups in total. The fourth-order valence-electron chi connectivity index (χ4n) is 3.09. The molecular weight excluding hydrogens is 421 g/mol. The molecule has 1 unspecified atom stereocenters. The first kappa shape index (κ1) is 18.8. The summed E-state index contributed by atoms with van der Waals surface area (Å²) in [6.07, 6.45) is 1.96. The largest absolute Gasteiger partial charge is 0.489 e. The van der Waals surface area contributed by atoms with Crippen LogP contribution in [0.3, 0.4) is 0 Å². The number of ether oxygens (including phenoxy) is 1. The van der Waals surface area contributed by atoms with Crippen LogP contribution in [0.15, 0.2) is 58.9 Å². The van der Waals surface area contributed by atoms with E-state index >= 15 is 0 Å². The van der Waals surface area contributed by atoms with Crippen LogP contribution < -0.4 is 4.74 Å². The van der Waals surface area contributed by atoms with Crippen molar-refractivity contribution in [2.24, 2.45) is 4.99 Å². The van der Waals surface area contributed by atoms with Crippen LogP contribution in [-0.4, -0.2) is 5.71 Å². The third kappa shape index (κ3) is 4.33. The number of aliphatic imine (C=N–C) groups is 1. The van der Waals surface area contributed by atoms with Gasteiger partial charge >= 0.3 is 0 Å². The zero-order chi connectivity index (χ0) is 18.8. The molecule has 138 valence electrons. The molecule has 0 spiro atoms. The summed E-state index contributed by atoms with van der Waals surface area (Å²) in [5.41, 5.74) is 3.20. The molecule has 0 aliphatic carbocycles. The Labute approximate surface area is 177 Å². The second kappa shape index (κ2) is 8.24. The van der Waals surface area contributed by atoms with Crippen LogP contribution in [0.1, 0.15) is 34.9 Å². The molecule has 2 heterocycles. The van der Waals surface area contributed by atoms with E-state index in [1.54, 1.807) is 17.4 Å². The van der Waals surface area contributed by atoms with Gasteiger partial charge in [0.1, 0.15) is 12.4 Å². The van der Waals surface area contributed by atoms with Gasteiger partial charge in [-0.15, -0.1) is 11.3 Å². The third-order valence-corrected chi connectivity index (χ3v) is 6.50. The molecule has 0 saturated carbocycles. The summed E-state index contributed by atoms with van der Waals surface area (Å²) in [6, 6.07) is 15.6. The van der Waals surface area contributed by atoms with Crippen molar-refractivity contribution in [1.29, 1.82) is 0 Å². The molecule has 0 radical (unpaired) electrons. The Morgan fingerprint density at radius 2 is 1.81 bits per heavy atom. The summed E-state index contributed by atoms with van der Waals surface area (Å²) in [6.45, 7) is 0.401. The van der Waals surface area contributed by atoms with Crippen LogP contribution in [-0.2, 0) is 6.61 Å². The van der Waals surface area contributed by atoms with Crippen molar-refractivity contribution in [1.82, 2.24) is 0 Å². The maximum absolute atomic E-state index is 6.24. The monoisotopic (exact) mass is 435 g/mol. The van der Waals surface area contributed by atoms with Gasteiger partial charge in [0, 0.05) is 15.6 Å². The van der Waals surface area contributed by atoms with Crippen LogP contribution in [0, 0.1) is 0 Å². The van der Waals surface area contributed by atoms with Crippen molar-refractivity contribution in [3.05, 3.63) is 85.0 Å². The summed E-state index contributed by atoms with van der Waals surface area (Å²) in [5, 5.41) is 4.03. The van der Waals surface area contributed by atoms with E-state index < -0.39 is 0 Å². The Kier molecular flexibility index (Phi) is 5.74. The van der Waals surface area contributed by atoms with Crippen LogP contribution in [0.4, 0.5) is 0 Å². The average Bonchev–Trinajstić information content (AvgIpc) is 3.30. The van der Waals surface area contributed by atoms with Gasteiger partial charge < -0.3 is 4.74 Å². The van der Waals surface area contributed by atoms with Gasteiger partial charge in [-0.1, -0.05) is 53.0 Å². The van der Waals surface area contributed by atoms with E-state index in [2.05, 4.69) is 12.1 Å². The molecule has 0 saturated heterocycles. The minimum absolute atomic E-state index is 0.179. The number of thiophene rings is 1. The quantitative estimate of drug-likeness (QED) is 0.403. The van der Waals surface area contributed by atoms with Crippen molar-refractivity contribution in [3.8, 4) is 5.75 Å². The third-order valence-electron chi connectivity index (χ3n) is 4.52. The fraction of sp³-hybridized carbons (Fsp3) is 0.190.